The van der Waals surface area contributed by atoms with Gasteiger partial charge in [-0.2, -0.15) is 0 Å². The van der Waals surface area contributed by atoms with Gasteiger partial charge >= 0.3 is 5.97 Å². The van der Waals surface area contributed by atoms with Gasteiger partial charge in [0.05, 0.1) is 27.1 Å². The van der Waals surface area contributed by atoms with Gasteiger partial charge in [0, 0.05) is 13.5 Å². The number of carboxylic acid groups (broad SMARTS) is 1. The molecule has 1 N–H and O–H groups in total. The fourth-order valence-electron chi connectivity index (χ4n) is 0.590. The van der Waals surface area contributed by atoms with E-state index in [0.29, 0.717) is 11.0 Å². The van der Waals surface area contributed by atoms with Gasteiger partial charge in [-0.1, -0.05) is 6.08 Å². The molecule has 0 aromatic carbocycles. The second-order valence-electron chi connectivity index (χ2n) is 4.05. The van der Waals surface area contributed by atoms with Crippen LogP contribution in [0.4, 0.5) is 0 Å². The minimum atomic E-state index is -1.00. The average molecular weight is 232 g/mol. The topological polar surface area (TPSA) is 78.5 Å². The highest BCUT2D eigenvalue weighted by molar-refractivity contribution is 5.65. The van der Waals surface area contributed by atoms with Crippen LogP contribution in [0.1, 0.15) is 6.92 Å². The molecule has 0 aliphatic carbocycles. The molecule has 0 aliphatic rings. The summed E-state index contributed by atoms with van der Waals surface area (Å²) in [7, 11) is 5.40. The van der Waals surface area contributed by atoms with E-state index in [9.17, 15) is 14.7 Å². The maximum Gasteiger partial charge on any atom is 0.321 e. The molecule has 6 heteroatoms. The highest BCUT2D eigenvalue weighted by Crippen LogP contribution is 1.84. The molecule has 0 amide bonds. The molecule has 0 aromatic rings. The van der Waals surface area contributed by atoms with Gasteiger partial charge in [0.15, 0.2) is 0 Å². The van der Waals surface area contributed by atoms with Gasteiger partial charge in [0.2, 0.25) is 0 Å². The minimum Gasteiger partial charge on any atom is -0.544 e. The molecule has 0 atom stereocenters. The van der Waals surface area contributed by atoms with Crippen molar-refractivity contribution in [2.75, 3.05) is 34.2 Å². The monoisotopic (exact) mass is 232 g/mol. The minimum absolute atomic E-state index is 0.0694. The van der Waals surface area contributed by atoms with Crippen LogP contribution in [0, 0.1) is 0 Å². The summed E-state index contributed by atoms with van der Waals surface area (Å²) < 4.78 is 0.419. The Labute approximate surface area is 96.0 Å². The fraction of sp³-hybridized carbons (Fsp3) is 0.600. The summed E-state index contributed by atoms with van der Waals surface area (Å²) in [5.41, 5.74) is 2.37. The molecule has 0 aromatic heterocycles. The smallest absolute Gasteiger partial charge is 0.321 e. The zero-order valence-electron chi connectivity index (χ0n) is 10.3. The van der Waals surface area contributed by atoms with E-state index < -0.39 is 5.97 Å². The van der Waals surface area contributed by atoms with Crippen LogP contribution in [-0.2, 0) is 14.4 Å². The zero-order valence-corrected chi connectivity index (χ0v) is 10.3. The van der Waals surface area contributed by atoms with Crippen molar-refractivity contribution in [3.63, 3.8) is 0 Å². The number of hydrogen-bond donors (Lipinski definition) is 1. The summed E-state index contributed by atoms with van der Waals surface area (Å²) in [5.74, 6) is -1.34. The van der Waals surface area contributed by atoms with Gasteiger partial charge in [0.1, 0.15) is 6.54 Å². The zero-order chi connectivity index (χ0) is 13.2. The summed E-state index contributed by atoms with van der Waals surface area (Å²) in [4.78, 5) is 24.2. The lowest BCUT2D eigenvalue weighted by atomic mass is 10.5. The normalized spacial score (nSPS) is 9.75. The highest BCUT2D eigenvalue weighted by atomic mass is 16.7. The molecule has 0 saturated heterocycles. The van der Waals surface area contributed by atoms with Gasteiger partial charge in [-0.15, -0.1) is 12.1 Å². The van der Waals surface area contributed by atoms with Gasteiger partial charge in [-0.25, -0.2) is 0 Å². The number of carbonyl (C=O) groups is 2. The standard InChI is InChI=1S/C5H11NO2.C5H9NO2/c1-6(2,3)4-5(7)8;1-3-4-6-8-5(2)7/h4H2,1-3H3;3,6H,1,4H2,2H3. The Morgan fingerprint density at radius 3 is 2.12 bits per heavy atom. The van der Waals surface area contributed by atoms with Crippen LogP contribution >= 0.6 is 0 Å². The summed E-state index contributed by atoms with van der Waals surface area (Å²) >= 11 is 0. The number of rotatable bonds is 5. The van der Waals surface area contributed by atoms with Gasteiger partial charge in [0.25, 0.3) is 0 Å². The van der Waals surface area contributed by atoms with Gasteiger partial charge in [-0.05, 0) is 0 Å². The van der Waals surface area contributed by atoms with Crippen LogP contribution in [0.3, 0.4) is 0 Å². The predicted octanol–water partition coefficient (Wildman–Crippen LogP) is -1.32. The first-order valence-electron chi connectivity index (χ1n) is 4.70. The van der Waals surface area contributed by atoms with Crippen molar-refractivity contribution in [2.24, 2.45) is 0 Å². The Morgan fingerprint density at radius 2 is 1.94 bits per heavy atom. The maximum absolute atomic E-state index is 10.00. The molecular formula is C10H20N2O4. The number of hydrogen-bond acceptors (Lipinski definition) is 5. The van der Waals surface area contributed by atoms with Crippen molar-refractivity contribution < 1.29 is 24.0 Å². The van der Waals surface area contributed by atoms with Crippen molar-refractivity contribution in [3.05, 3.63) is 12.7 Å². The Kier molecular flexibility index (Phi) is 9.43. The third kappa shape index (κ3) is 22.9. The Bertz CT molecular complexity index is 233. The van der Waals surface area contributed by atoms with E-state index in [-0.39, 0.29) is 12.5 Å². The number of likely N-dealkylation sites (N-methyl/N-ethyl adjacent to an activating group) is 1. The number of nitrogens with one attached hydrogen (secondary N) is 1. The first-order valence-corrected chi connectivity index (χ1v) is 4.70. The van der Waals surface area contributed by atoms with E-state index in [1.54, 1.807) is 27.2 Å². The van der Waals surface area contributed by atoms with E-state index in [1.807, 2.05) is 0 Å². The van der Waals surface area contributed by atoms with Gasteiger partial charge in [-0.3, -0.25) is 4.79 Å². The van der Waals surface area contributed by atoms with Crippen LogP contribution in [-0.4, -0.2) is 50.7 Å². The molecule has 94 valence electrons. The number of quaternary nitrogens is 1. The fourth-order valence-corrected chi connectivity index (χ4v) is 0.590. The molecule has 0 fully saturated rings. The summed E-state index contributed by atoms with van der Waals surface area (Å²) in [5, 5.41) is 9.89. The van der Waals surface area contributed by atoms with Crippen molar-refractivity contribution in [3.8, 4) is 0 Å². The van der Waals surface area contributed by atoms with Crippen LogP contribution in [0.5, 0.6) is 0 Å². The van der Waals surface area contributed by atoms with E-state index >= 15 is 0 Å². The largest absolute Gasteiger partial charge is 0.544 e. The molecule has 0 spiro atoms. The molecule has 16 heavy (non-hydrogen) atoms. The second-order valence-corrected chi connectivity index (χ2v) is 4.05. The van der Waals surface area contributed by atoms with Crippen LogP contribution < -0.4 is 10.6 Å². The summed E-state index contributed by atoms with van der Waals surface area (Å²) in [6.07, 6.45) is 1.60. The SMILES string of the molecule is C=CCNOC(C)=O.C[N+](C)(C)CC(=O)[O-]. The summed E-state index contributed by atoms with van der Waals surface area (Å²) in [6.45, 7) is 5.29. The predicted molar refractivity (Wildman–Crippen MR) is 57.9 cm³/mol. The third-order valence-corrected chi connectivity index (χ3v) is 1.05. The molecule has 0 rings (SSSR count). The summed E-state index contributed by atoms with van der Waals surface area (Å²) in [6, 6.07) is 0. The average Bonchev–Trinajstić information content (AvgIpc) is 2.00. The molecule has 0 aliphatic heterocycles. The molecule has 0 bridgehead atoms. The maximum atomic E-state index is 10.00. The first-order chi connectivity index (χ1) is 7.19. The lowest BCUT2D eigenvalue weighted by Gasteiger charge is -2.23. The van der Waals surface area contributed by atoms with Crippen molar-refractivity contribution in [1.82, 2.24) is 5.48 Å². The van der Waals surface area contributed by atoms with Crippen molar-refractivity contribution in [1.29, 1.82) is 0 Å². The van der Waals surface area contributed by atoms with Crippen molar-refractivity contribution in [2.45, 2.75) is 6.92 Å². The van der Waals surface area contributed by atoms with Crippen LogP contribution in [0.15, 0.2) is 12.7 Å². The van der Waals surface area contributed by atoms with Crippen molar-refractivity contribution >= 4 is 11.9 Å². The highest BCUT2D eigenvalue weighted by Gasteiger charge is 2.04. The molecule has 0 unspecified atom stereocenters. The Hall–Kier alpha value is -1.40. The number of nitrogens with zero attached hydrogens (tertiary/aromatic N) is 1. The first kappa shape index (κ1) is 17.0. The molecular weight excluding hydrogens is 212 g/mol. The van der Waals surface area contributed by atoms with Crippen LogP contribution in [0.25, 0.3) is 0 Å². The van der Waals surface area contributed by atoms with E-state index in [4.69, 9.17) is 0 Å². The van der Waals surface area contributed by atoms with E-state index in [1.165, 1.54) is 6.92 Å². The van der Waals surface area contributed by atoms with E-state index in [2.05, 4.69) is 16.9 Å². The Morgan fingerprint density at radius 1 is 1.44 bits per heavy atom. The quantitative estimate of drug-likeness (QED) is 0.275. The van der Waals surface area contributed by atoms with Gasteiger partial charge < -0.3 is 19.2 Å². The number of hydroxylamine groups is 1. The lowest BCUT2D eigenvalue weighted by molar-refractivity contribution is -0.864. The number of carboxylic acids is 1. The lowest BCUT2D eigenvalue weighted by Crippen LogP contribution is -2.45. The molecule has 0 heterocycles. The Balaban J connectivity index is 0. The number of aliphatic carboxylic acids is 1. The molecule has 0 saturated carbocycles. The number of carbonyl (C=O) groups excluding carboxylic acids is 2. The van der Waals surface area contributed by atoms with Crippen LogP contribution in [0.2, 0.25) is 0 Å². The molecule has 6 nitrogen and oxygen atoms in total. The second kappa shape index (κ2) is 8.87. The third-order valence-electron chi connectivity index (χ3n) is 1.05. The molecule has 0 radical (unpaired) electrons. The van der Waals surface area contributed by atoms with E-state index in [0.717, 1.165) is 0 Å².